The van der Waals surface area contributed by atoms with Crippen LogP contribution in [-0.2, 0) is 5.88 Å². The molecule has 0 bridgehead atoms. The number of hydrogen-bond donors (Lipinski definition) is 0. The highest BCUT2D eigenvalue weighted by Gasteiger charge is 1.88. The molecule has 9 heavy (non-hydrogen) atoms. The van der Waals surface area contributed by atoms with Gasteiger partial charge in [-0.15, -0.1) is 11.6 Å². The number of hydrogen-bond acceptors (Lipinski definition) is 1. The van der Waals surface area contributed by atoms with E-state index in [0.717, 1.165) is 11.3 Å². The first-order valence-corrected chi connectivity index (χ1v) is 3.34. The predicted molar refractivity (Wildman–Crippen MR) is 38.5 cm³/mol. The van der Waals surface area contributed by atoms with E-state index in [-0.39, 0.29) is 0 Å². The Bertz CT molecular complexity index is 198. The van der Waals surface area contributed by atoms with Crippen LogP contribution < -0.4 is 0 Å². The molecule has 0 radical (unpaired) electrons. The molecule has 2 heteroatoms. The Hall–Kier alpha value is -0.560. The Kier molecular flexibility index (Phi) is 2.06. The van der Waals surface area contributed by atoms with Gasteiger partial charge in [0.25, 0.3) is 0 Å². The standard InChI is InChI=1S/C7H8ClN/c1-6-4-7(5-8)2-3-9-6/h2-4H,5H2,1H3. The van der Waals surface area contributed by atoms with Gasteiger partial charge in [0.15, 0.2) is 0 Å². The summed E-state index contributed by atoms with van der Waals surface area (Å²) in [5, 5.41) is 0. The summed E-state index contributed by atoms with van der Waals surface area (Å²) in [5.74, 6) is 0.573. The monoisotopic (exact) mass is 141 g/mol. The van der Waals surface area contributed by atoms with E-state index in [4.69, 9.17) is 11.6 Å². The maximum absolute atomic E-state index is 5.57. The third-order valence-corrected chi connectivity index (χ3v) is 1.42. The zero-order chi connectivity index (χ0) is 6.69. The smallest absolute Gasteiger partial charge is 0.0475 e. The second-order valence-corrected chi connectivity index (χ2v) is 2.21. The first-order chi connectivity index (χ1) is 4.33. The SMILES string of the molecule is Cc1cc(CCl)ccn1. The zero-order valence-corrected chi connectivity index (χ0v) is 6.02. The normalized spacial score (nSPS) is 9.56. The van der Waals surface area contributed by atoms with Crippen molar-refractivity contribution < 1.29 is 0 Å². The number of nitrogens with zero attached hydrogens (tertiary/aromatic N) is 1. The first-order valence-electron chi connectivity index (χ1n) is 2.80. The summed E-state index contributed by atoms with van der Waals surface area (Å²) in [5.41, 5.74) is 2.15. The highest BCUT2D eigenvalue weighted by atomic mass is 35.5. The van der Waals surface area contributed by atoms with Gasteiger partial charge >= 0.3 is 0 Å². The first kappa shape index (κ1) is 6.56. The van der Waals surface area contributed by atoms with Crippen LogP contribution in [0.3, 0.4) is 0 Å². The van der Waals surface area contributed by atoms with Crippen molar-refractivity contribution in [1.29, 1.82) is 0 Å². The van der Waals surface area contributed by atoms with Crippen molar-refractivity contribution in [2.75, 3.05) is 0 Å². The maximum atomic E-state index is 5.57. The largest absolute Gasteiger partial charge is 0.262 e. The molecular formula is C7H8ClN. The van der Waals surface area contributed by atoms with Crippen molar-refractivity contribution in [3.05, 3.63) is 29.6 Å². The molecule has 0 saturated heterocycles. The minimum atomic E-state index is 0.573. The average molecular weight is 142 g/mol. The van der Waals surface area contributed by atoms with Gasteiger partial charge in [0.1, 0.15) is 0 Å². The highest BCUT2D eigenvalue weighted by Crippen LogP contribution is 2.02. The summed E-state index contributed by atoms with van der Waals surface area (Å²) in [4.78, 5) is 4.03. The third-order valence-electron chi connectivity index (χ3n) is 1.12. The van der Waals surface area contributed by atoms with E-state index in [2.05, 4.69) is 4.98 Å². The molecule has 0 aromatic carbocycles. The van der Waals surface area contributed by atoms with Gasteiger partial charge in [0.05, 0.1) is 0 Å². The fourth-order valence-corrected chi connectivity index (χ4v) is 0.854. The van der Waals surface area contributed by atoms with Crippen LogP contribution in [0.5, 0.6) is 0 Å². The van der Waals surface area contributed by atoms with Crippen molar-refractivity contribution in [1.82, 2.24) is 4.98 Å². The van der Waals surface area contributed by atoms with Crippen LogP contribution in [0.25, 0.3) is 0 Å². The Balaban J connectivity index is 2.94. The van der Waals surface area contributed by atoms with Gasteiger partial charge < -0.3 is 0 Å². The molecule has 0 aliphatic carbocycles. The summed E-state index contributed by atoms with van der Waals surface area (Å²) >= 11 is 5.57. The lowest BCUT2D eigenvalue weighted by Crippen LogP contribution is -1.82. The molecule has 0 N–H and O–H groups in total. The van der Waals surface area contributed by atoms with E-state index in [9.17, 15) is 0 Å². The molecular weight excluding hydrogens is 134 g/mol. The molecule has 0 saturated carbocycles. The number of aromatic nitrogens is 1. The molecule has 0 atom stereocenters. The molecule has 1 heterocycles. The Labute approximate surface area is 59.7 Å². The number of halogens is 1. The van der Waals surface area contributed by atoms with E-state index >= 15 is 0 Å². The molecule has 48 valence electrons. The topological polar surface area (TPSA) is 12.9 Å². The number of aryl methyl sites for hydroxylation is 1. The van der Waals surface area contributed by atoms with Crippen LogP contribution >= 0.6 is 11.6 Å². The molecule has 0 unspecified atom stereocenters. The second kappa shape index (κ2) is 2.83. The van der Waals surface area contributed by atoms with Crippen LogP contribution in [0.15, 0.2) is 18.3 Å². The van der Waals surface area contributed by atoms with Gasteiger partial charge in [0.2, 0.25) is 0 Å². The molecule has 0 aliphatic rings. The zero-order valence-electron chi connectivity index (χ0n) is 5.26. The maximum Gasteiger partial charge on any atom is 0.0475 e. The Morgan fingerprint density at radius 3 is 2.89 bits per heavy atom. The summed E-state index contributed by atoms with van der Waals surface area (Å²) in [6, 6.07) is 3.90. The van der Waals surface area contributed by atoms with Gasteiger partial charge in [-0.25, -0.2) is 0 Å². The van der Waals surface area contributed by atoms with Gasteiger partial charge in [-0.2, -0.15) is 0 Å². The summed E-state index contributed by atoms with van der Waals surface area (Å²) < 4.78 is 0. The predicted octanol–water partition coefficient (Wildman–Crippen LogP) is 2.13. The van der Waals surface area contributed by atoms with Crippen LogP contribution in [-0.4, -0.2) is 4.98 Å². The lowest BCUT2D eigenvalue weighted by atomic mass is 10.2. The van der Waals surface area contributed by atoms with Crippen molar-refractivity contribution in [3.63, 3.8) is 0 Å². The summed E-state index contributed by atoms with van der Waals surface area (Å²) in [6.45, 7) is 1.95. The lowest BCUT2D eigenvalue weighted by molar-refractivity contribution is 1.17. The van der Waals surface area contributed by atoms with Crippen molar-refractivity contribution >= 4 is 11.6 Å². The van der Waals surface area contributed by atoms with Crippen LogP contribution in [0.4, 0.5) is 0 Å². The van der Waals surface area contributed by atoms with Crippen molar-refractivity contribution in [3.8, 4) is 0 Å². The molecule has 0 amide bonds. The van der Waals surface area contributed by atoms with E-state index in [1.54, 1.807) is 6.20 Å². The number of alkyl halides is 1. The van der Waals surface area contributed by atoms with Gasteiger partial charge in [-0.1, -0.05) is 0 Å². The highest BCUT2D eigenvalue weighted by molar-refractivity contribution is 6.17. The molecule has 0 fully saturated rings. The molecule has 0 aliphatic heterocycles. The van der Waals surface area contributed by atoms with E-state index in [0.29, 0.717) is 5.88 Å². The van der Waals surface area contributed by atoms with E-state index < -0.39 is 0 Å². The molecule has 1 aromatic rings. The number of rotatable bonds is 1. The Morgan fingerprint density at radius 1 is 1.67 bits per heavy atom. The fourth-order valence-electron chi connectivity index (χ4n) is 0.687. The molecule has 1 nitrogen and oxygen atoms in total. The quantitative estimate of drug-likeness (QED) is 0.546. The average Bonchev–Trinajstić information content (AvgIpc) is 1.88. The summed E-state index contributed by atoms with van der Waals surface area (Å²) in [7, 11) is 0. The Morgan fingerprint density at radius 2 is 2.44 bits per heavy atom. The van der Waals surface area contributed by atoms with Crippen LogP contribution in [0.1, 0.15) is 11.3 Å². The minimum absolute atomic E-state index is 0.573. The molecule has 0 spiro atoms. The van der Waals surface area contributed by atoms with E-state index in [1.165, 1.54) is 0 Å². The van der Waals surface area contributed by atoms with Gasteiger partial charge in [-0.05, 0) is 24.6 Å². The van der Waals surface area contributed by atoms with E-state index in [1.807, 2.05) is 19.1 Å². The third kappa shape index (κ3) is 1.68. The van der Waals surface area contributed by atoms with Crippen LogP contribution in [0, 0.1) is 6.92 Å². The molecule has 1 rings (SSSR count). The number of pyridine rings is 1. The van der Waals surface area contributed by atoms with Crippen LogP contribution in [0.2, 0.25) is 0 Å². The molecule has 1 aromatic heterocycles. The minimum Gasteiger partial charge on any atom is -0.262 e. The van der Waals surface area contributed by atoms with Crippen molar-refractivity contribution in [2.45, 2.75) is 12.8 Å². The summed E-state index contributed by atoms with van der Waals surface area (Å²) in [6.07, 6.45) is 1.77. The van der Waals surface area contributed by atoms with Crippen molar-refractivity contribution in [2.24, 2.45) is 0 Å². The second-order valence-electron chi connectivity index (χ2n) is 1.94. The fraction of sp³-hybridized carbons (Fsp3) is 0.286. The van der Waals surface area contributed by atoms with Gasteiger partial charge in [0, 0.05) is 17.8 Å². The van der Waals surface area contributed by atoms with Gasteiger partial charge in [-0.3, -0.25) is 4.98 Å². The lowest BCUT2D eigenvalue weighted by Gasteiger charge is -1.93.